The minimum atomic E-state index is 0.874. The van der Waals surface area contributed by atoms with Crippen LogP contribution < -0.4 is 5.73 Å². The van der Waals surface area contributed by atoms with Crippen molar-refractivity contribution in [1.29, 1.82) is 0 Å². The maximum absolute atomic E-state index is 5.66. The first-order chi connectivity index (χ1) is 18.3. The summed E-state index contributed by atoms with van der Waals surface area (Å²) in [5, 5.41) is 0. The Hall–Kier alpha value is -0.0400. The van der Waals surface area contributed by atoms with Crippen LogP contribution in [0.3, 0.4) is 0 Å². The minimum absolute atomic E-state index is 0.874. The van der Waals surface area contributed by atoms with E-state index >= 15 is 0 Å². The summed E-state index contributed by atoms with van der Waals surface area (Å²) in [6.45, 7) is 7.88. The van der Waals surface area contributed by atoms with Gasteiger partial charge in [-0.2, -0.15) is 0 Å². The van der Waals surface area contributed by atoms with Crippen molar-refractivity contribution in [3.63, 3.8) is 0 Å². The van der Waals surface area contributed by atoms with Crippen LogP contribution in [-0.2, 0) is 0 Å². The Morgan fingerprint density at radius 2 is 0.514 bits per heavy atom. The predicted octanol–water partition coefficient (Wildman–Crippen LogP) is 12.9. The van der Waals surface area contributed by atoms with Crippen LogP contribution in [0, 0.1) is 11.8 Å². The fourth-order valence-electron chi connectivity index (χ4n) is 6.40. The van der Waals surface area contributed by atoms with Crippen LogP contribution in [0.15, 0.2) is 0 Å². The van der Waals surface area contributed by atoms with Crippen LogP contribution in [0.5, 0.6) is 0 Å². The van der Waals surface area contributed by atoms with Gasteiger partial charge in [0.1, 0.15) is 0 Å². The molecule has 224 valence electrons. The van der Waals surface area contributed by atoms with Gasteiger partial charge in [-0.15, -0.1) is 0 Å². The van der Waals surface area contributed by atoms with Gasteiger partial charge in [-0.1, -0.05) is 207 Å². The van der Waals surface area contributed by atoms with Crippen molar-refractivity contribution in [2.24, 2.45) is 17.6 Å². The third-order valence-corrected chi connectivity index (χ3v) is 8.98. The van der Waals surface area contributed by atoms with Gasteiger partial charge in [0.2, 0.25) is 0 Å². The molecule has 0 heterocycles. The highest BCUT2D eigenvalue weighted by molar-refractivity contribution is 4.72. The second kappa shape index (κ2) is 32.2. The Kier molecular flexibility index (Phi) is 32.1. The van der Waals surface area contributed by atoms with Crippen molar-refractivity contribution in [3.05, 3.63) is 0 Å². The number of hydrogen-bond acceptors (Lipinski definition) is 1. The molecule has 0 aromatic heterocycles. The third-order valence-electron chi connectivity index (χ3n) is 8.98. The minimum Gasteiger partial charge on any atom is -0.330 e. The Morgan fingerprint density at radius 3 is 0.757 bits per heavy atom. The molecule has 0 saturated heterocycles. The van der Waals surface area contributed by atoms with Crippen LogP contribution in [0.4, 0.5) is 0 Å². The molecule has 0 rings (SSSR count). The SMILES string of the molecule is CCCCCCCCCC(CCCCCCCC)C(CCCCCCCC)CCCCCCCCCN. The largest absolute Gasteiger partial charge is 0.330 e. The summed E-state index contributed by atoms with van der Waals surface area (Å²) in [4.78, 5) is 0. The van der Waals surface area contributed by atoms with E-state index < -0.39 is 0 Å². The first-order valence-electron chi connectivity index (χ1n) is 18.0. The van der Waals surface area contributed by atoms with Gasteiger partial charge in [0.25, 0.3) is 0 Å². The average molecular weight is 522 g/mol. The van der Waals surface area contributed by atoms with Crippen LogP contribution in [0.1, 0.15) is 213 Å². The quantitative estimate of drug-likeness (QED) is 0.0875. The van der Waals surface area contributed by atoms with E-state index in [1.807, 2.05) is 0 Å². The lowest BCUT2D eigenvalue weighted by Crippen LogP contribution is -2.16. The average Bonchev–Trinajstić information content (AvgIpc) is 2.91. The highest BCUT2D eigenvalue weighted by Gasteiger charge is 2.20. The van der Waals surface area contributed by atoms with Crippen molar-refractivity contribution < 1.29 is 0 Å². The maximum Gasteiger partial charge on any atom is -0.00773 e. The molecule has 0 aliphatic rings. The van der Waals surface area contributed by atoms with E-state index in [2.05, 4.69) is 20.8 Å². The molecule has 1 heteroatoms. The molecule has 37 heavy (non-hydrogen) atoms. The molecule has 0 fully saturated rings. The highest BCUT2D eigenvalue weighted by Crippen LogP contribution is 2.33. The topological polar surface area (TPSA) is 26.0 Å². The molecule has 0 radical (unpaired) electrons. The lowest BCUT2D eigenvalue weighted by Gasteiger charge is -2.28. The van der Waals surface area contributed by atoms with Crippen LogP contribution >= 0.6 is 0 Å². The van der Waals surface area contributed by atoms with E-state index in [-0.39, 0.29) is 0 Å². The Labute approximate surface area is 237 Å². The molecule has 1 nitrogen and oxygen atoms in total. The summed E-state index contributed by atoms with van der Waals surface area (Å²) in [5.74, 6) is 2.03. The van der Waals surface area contributed by atoms with Gasteiger partial charge in [0, 0.05) is 0 Å². The molecule has 0 saturated carbocycles. The van der Waals surface area contributed by atoms with Gasteiger partial charge in [-0.25, -0.2) is 0 Å². The summed E-state index contributed by atoms with van der Waals surface area (Å²) in [6.07, 6.45) is 43.6. The molecule has 0 aliphatic carbocycles. The number of rotatable bonds is 32. The summed E-state index contributed by atoms with van der Waals surface area (Å²) in [6, 6.07) is 0. The maximum atomic E-state index is 5.66. The molecule has 2 N–H and O–H groups in total. The van der Waals surface area contributed by atoms with Gasteiger partial charge in [-0.3, -0.25) is 0 Å². The molecule has 0 spiro atoms. The molecule has 0 aromatic carbocycles. The molecule has 0 amide bonds. The zero-order valence-electron chi connectivity index (χ0n) is 26.7. The van der Waals surface area contributed by atoms with E-state index in [1.165, 1.54) is 193 Å². The number of unbranched alkanes of at least 4 members (excludes halogenated alkanes) is 22. The van der Waals surface area contributed by atoms with E-state index in [9.17, 15) is 0 Å². The van der Waals surface area contributed by atoms with Crippen molar-refractivity contribution in [2.75, 3.05) is 6.54 Å². The van der Waals surface area contributed by atoms with Gasteiger partial charge in [0.15, 0.2) is 0 Å². The van der Waals surface area contributed by atoms with E-state index in [1.54, 1.807) is 0 Å². The van der Waals surface area contributed by atoms with Gasteiger partial charge < -0.3 is 5.73 Å². The Bertz CT molecular complexity index is 392. The zero-order valence-corrected chi connectivity index (χ0v) is 26.7. The van der Waals surface area contributed by atoms with Crippen LogP contribution in [-0.4, -0.2) is 6.54 Å². The first kappa shape index (κ1) is 37.0. The standard InChI is InChI=1S/C36H75N/c1-4-7-10-13-17-22-27-32-35(30-25-20-14-11-8-5-2)36(31-26-21-15-12-9-6-3)33-28-23-18-16-19-24-29-34-37/h35-36H,4-34,37H2,1-3H3. The normalized spacial score (nSPS) is 13.3. The monoisotopic (exact) mass is 522 g/mol. The highest BCUT2D eigenvalue weighted by atomic mass is 14.5. The second-order valence-corrected chi connectivity index (χ2v) is 12.6. The Morgan fingerprint density at radius 1 is 0.297 bits per heavy atom. The molecule has 2 unspecified atom stereocenters. The second-order valence-electron chi connectivity index (χ2n) is 12.6. The summed E-state index contributed by atoms with van der Waals surface area (Å²) < 4.78 is 0. The van der Waals surface area contributed by atoms with Crippen molar-refractivity contribution >= 4 is 0 Å². The molecule has 0 aromatic rings. The van der Waals surface area contributed by atoms with Crippen molar-refractivity contribution in [3.8, 4) is 0 Å². The first-order valence-corrected chi connectivity index (χ1v) is 18.0. The molecule has 0 aliphatic heterocycles. The van der Waals surface area contributed by atoms with Crippen LogP contribution in [0.2, 0.25) is 0 Å². The fourth-order valence-corrected chi connectivity index (χ4v) is 6.40. The molecule has 2 atom stereocenters. The van der Waals surface area contributed by atoms with Crippen LogP contribution in [0.25, 0.3) is 0 Å². The van der Waals surface area contributed by atoms with E-state index in [0.717, 1.165) is 18.4 Å². The van der Waals surface area contributed by atoms with E-state index in [0.29, 0.717) is 0 Å². The lowest BCUT2D eigenvalue weighted by atomic mass is 9.78. The third kappa shape index (κ3) is 27.3. The summed E-state index contributed by atoms with van der Waals surface area (Å²) in [7, 11) is 0. The molecular formula is C36H75N. The summed E-state index contributed by atoms with van der Waals surface area (Å²) in [5.41, 5.74) is 5.66. The number of hydrogen-bond donors (Lipinski definition) is 1. The predicted molar refractivity (Wildman–Crippen MR) is 172 cm³/mol. The van der Waals surface area contributed by atoms with Gasteiger partial charge in [0.05, 0.1) is 0 Å². The smallest absolute Gasteiger partial charge is 0.00773 e. The number of nitrogens with two attached hydrogens (primary N) is 1. The van der Waals surface area contributed by atoms with Crippen molar-refractivity contribution in [2.45, 2.75) is 213 Å². The summed E-state index contributed by atoms with van der Waals surface area (Å²) >= 11 is 0. The molecular weight excluding hydrogens is 446 g/mol. The molecule has 0 bridgehead atoms. The lowest BCUT2D eigenvalue weighted by molar-refractivity contribution is 0.236. The fraction of sp³-hybridized carbons (Fsp3) is 1.00. The Balaban J connectivity index is 4.67. The zero-order chi connectivity index (χ0) is 27.1. The van der Waals surface area contributed by atoms with Gasteiger partial charge in [-0.05, 0) is 24.8 Å². The van der Waals surface area contributed by atoms with Crippen molar-refractivity contribution in [1.82, 2.24) is 0 Å². The van der Waals surface area contributed by atoms with Gasteiger partial charge >= 0.3 is 0 Å². The van der Waals surface area contributed by atoms with E-state index in [4.69, 9.17) is 5.73 Å².